The molecule has 10 heteroatoms. The second kappa shape index (κ2) is 29.7. The van der Waals surface area contributed by atoms with E-state index in [-0.39, 0.29) is 70.6 Å². The molecule has 0 aliphatic heterocycles. The van der Waals surface area contributed by atoms with Gasteiger partial charge in [0, 0.05) is 0 Å². The Hall–Kier alpha value is -0.200. The topological polar surface area (TPSA) is 72.8 Å². The molecule has 2 rings (SSSR count). The summed E-state index contributed by atoms with van der Waals surface area (Å²) in [5.74, 6) is 0.344. The van der Waals surface area contributed by atoms with Crippen molar-refractivity contribution in [3.63, 3.8) is 0 Å². The molecule has 0 amide bonds. The van der Waals surface area contributed by atoms with Crippen molar-refractivity contribution >= 4 is 0 Å². The molecule has 0 radical (unpaired) electrons. The van der Waals surface area contributed by atoms with E-state index >= 15 is 0 Å². The van der Waals surface area contributed by atoms with Crippen LogP contribution in [0.1, 0.15) is 33.4 Å². The van der Waals surface area contributed by atoms with Crippen molar-refractivity contribution in [2.45, 2.75) is 41.5 Å². The molecule has 2 aromatic rings. The minimum Gasteiger partial charge on any atom is -0.872 e. The summed E-state index contributed by atoms with van der Waals surface area (Å²) in [5.41, 5.74) is 5.70. The van der Waals surface area contributed by atoms with Gasteiger partial charge in [-0.25, -0.2) is 0 Å². The van der Waals surface area contributed by atoms with Crippen LogP contribution in [-0.2, 0) is 0 Å². The quantitative estimate of drug-likeness (QED) is 0.127. The van der Waals surface area contributed by atoms with Crippen LogP contribution in [-0.4, -0.2) is 123 Å². The second-order valence-electron chi connectivity index (χ2n) is 14.2. The molecule has 0 heterocycles. The number of rotatable bonds is 12. The summed E-state index contributed by atoms with van der Waals surface area (Å²) >= 11 is 0. The van der Waals surface area contributed by atoms with E-state index in [1.165, 1.54) is 52.4 Å². The summed E-state index contributed by atoms with van der Waals surface area (Å²) in [5, 5.41) is 22.2. The molecule has 0 fully saturated rings. The molecule has 256 valence electrons. The molecule has 0 bridgehead atoms. The molecule has 2 aromatic carbocycles. The van der Waals surface area contributed by atoms with Crippen LogP contribution in [0.2, 0.25) is 0 Å². The minimum atomic E-state index is 0. The molecule has 0 aromatic heterocycles. The summed E-state index contributed by atoms with van der Waals surface area (Å²) in [6.45, 7) is 21.6. The van der Waals surface area contributed by atoms with Crippen molar-refractivity contribution in [3.05, 3.63) is 57.6 Å². The predicted octanol–water partition coefficient (Wildman–Crippen LogP) is -11.0. The Morgan fingerprint density at radius 3 is 0.696 bits per heavy atom. The Bertz CT molecular complexity index is 884. The summed E-state index contributed by atoms with van der Waals surface area (Å²) in [6.07, 6.45) is 0. The van der Waals surface area contributed by atoms with Gasteiger partial charge in [0.25, 0.3) is 0 Å². The van der Waals surface area contributed by atoms with Gasteiger partial charge in [0.2, 0.25) is 0 Å². The molecular weight excluding hydrogens is 594 g/mol. The van der Waals surface area contributed by atoms with Gasteiger partial charge in [0.05, 0.1) is 70.5 Å². The fraction of sp³-hybridized carbons (Fsp3) is 0.667. The van der Waals surface area contributed by atoms with E-state index in [0.717, 1.165) is 33.4 Å². The van der Waals surface area contributed by atoms with Gasteiger partial charge in [0.1, 0.15) is 52.4 Å². The van der Waals surface area contributed by atoms with Gasteiger partial charge in [0.15, 0.2) is 0 Å². The third kappa shape index (κ3) is 29.9. The first kappa shape index (κ1) is 52.6. The Labute approximate surface area is 329 Å². The largest absolute Gasteiger partial charge is 1.00 e. The first-order chi connectivity index (χ1) is 20.3. The number of benzene rings is 2. The van der Waals surface area contributed by atoms with Crippen LogP contribution in [0, 0.1) is 41.5 Å². The van der Waals surface area contributed by atoms with Crippen LogP contribution in [0.5, 0.6) is 11.5 Å². The standard InChI is InChI=1S/2C9H23N3.2C9H12O.2Na/c2*1-10(2)6-8-12(5)9-7-11(3)4;2*1-6-4-7(2)9(10)8(3)5-6;;/h2*6-9H2,1-5H3;2*4-5,10H,1-3H3;;/q;;;;2*+1/p+4. The van der Waals surface area contributed by atoms with Crippen LogP contribution >= 0.6 is 0 Å². The first-order valence-electron chi connectivity index (χ1n) is 16.5. The molecule has 0 spiro atoms. The summed E-state index contributed by atoms with van der Waals surface area (Å²) < 4.78 is 0. The van der Waals surface area contributed by atoms with Crippen molar-refractivity contribution in [1.82, 2.24) is 0 Å². The van der Waals surface area contributed by atoms with Crippen molar-refractivity contribution < 1.29 is 98.7 Å². The monoisotopic (exact) mass is 669 g/mol. The minimum absolute atomic E-state index is 0. The van der Waals surface area contributed by atoms with Crippen molar-refractivity contribution in [1.29, 1.82) is 0 Å². The summed E-state index contributed by atoms with van der Waals surface area (Å²) in [6, 6.07) is 7.65. The maximum atomic E-state index is 11.1. The molecule has 0 saturated heterocycles. The van der Waals surface area contributed by atoms with Crippen molar-refractivity contribution in [3.8, 4) is 11.5 Å². The van der Waals surface area contributed by atoms with Gasteiger partial charge in [-0.15, -0.1) is 11.5 Å². The number of nitrogens with one attached hydrogen (secondary N) is 6. The SMILES string of the molecule is C[NH+](C)CC[NH+](C)CC[NH+](C)C.C[NH+](C)CC[NH+](C)CC[NH+](C)C.Cc1cc(C)c([O-])c(C)c1.Cc1cc(C)c([O-])c(C)c1.[Na+].[Na+]. The zero-order chi connectivity index (χ0) is 34.6. The van der Waals surface area contributed by atoms with Crippen LogP contribution in [0.25, 0.3) is 0 Å². The van der Waals surface area contributed by atoms with E-state index in [0.29, 0.717) is 0 Å². The van der Waals surface area contributed by atoms with Crippen molar-refractivity contribution in [2.24, 2.45) is 0 Å². The predicted molar refractivity (Wildman–Crippen MR) is 184 cm³/mol. The van der Waals surface area contributed by atoms with Crippen LogP contribution in [0.4, 0.5) is 0 Å². The van der Waals surface area contributed by atoms with E-state index in [1.54, 1.807) is 29.4 Å². The van der Waals surface area contributed by atoms with Gasteiger partial charge in [-0.05, 0) is 41.5 Å². The Balaban J connectivity index is -0.000000253. The fourth-order valence-electron chi connectivity index (χ4n) is 4.44. The van der Waals surface area contributed by atoms with E-state index in [2.05, 4.69) is 70.5 Å². The van der Waals surface area contributed by atoms with E-state index in [4.69, 9.17) is 0 Å². The average molecular weight is 669 g/mol. The first-order valence-corrected chi connectivity index (χ1v) is 16.5. The zero-order valence-electron chi connectivity index (χ0n) is 33.8. The van der Waals surface area contributed by atoms with Crippen LogP contribution in [0.15, 0.2) is 24.3 Å². The van der Waals surface area contributed by atoms with E-state index in [9.17, 15) is 10.2 Å². The smallest absolute Gasteiger partial charge is 0.872 e. The van der Waals surface area contributed by atoms with E-state index in [1.807, 2.05) is 65.8 Å². The Morgan fingerprint density at radius 2 is 0.543 bits per heavy atom. The van der Waals surface area contributed by atoms with Gasteiger partial charge < -0.3 is 39.6 Å². The average Bonchev–Trinajstić information content (AvgIpc) is 2.91. The molecule has 0 atom stereocenters. The van der Waals surface area contributed by atoms with Crippen LogP contribution in [0.3, 0.4) is 0 Å². The van der Waals surface area contributed by atoms with Crippen molar-refractivity contribution in [2.75, 3.05) is 123 Å². The second-order valence-corrected chi connectivity index (χ2v) is 14.2. The number of quaternary nitrogens is 6. The maximum Gasteiger partial charge on any atom is 1.00 e. The normalized spacial score (nSPS) is 10.6. The number of likely N-dealkylation sites (N-methyl/N-ethyl adjacent to an activating group) is 6. The number of hydrogen-bond donors (Lipinski definition) is 6. The van der Waals surface area contributed by atoms with Gasteiger partial charge >= 0.3 is 59.1 Å². The molecule has 8 nitrogen and oxygen atoms in total. The third-order valence-corrected chi connectivity index (χ3v) is 7.42. The fourth-order valence-corrected chi connectivity index (χ4v) is 4.44. The Kier molecular flexibility index (Phi) is 34.0. The summed E-state index contributed by atoms with van der Waals surface area (Å²) in [4.78, 5) is 9.49. The molecule has 0 aliphatic carbocycles. The van der Waals surface area contributed by atoms with Crippen LogP contribution < -0.4 is 98.7 Å². The molecule has 0 saturated carbocycles. The van der Waals surface area contributed by atoms with E-state index < -0.39 is 0 Å². The third-order valence-electron chi connectivity index (χ3n) is 7.42. The van der Waals surface area contributed by atoms with Gasteiger partial charge in [-0.3, -0.25) is 0 Å². The Morgan fingerprint density at radius 1 is 0.370 bits per heavy atom. The van der Waals surface area contributed by atoms with Gasteiger partial charge in [-0.2, -0.15) is 0 Å². The molecular formula is C36H74N6Na2O2+6. The van der Waals surface area contributed by atoms with Gasteiger partial charge in [-0.1, -0.05) is 57.6 Å². The maximum absolute atomic E-state index is 11.1. The zero-order valence-corrected chi connectivity index (χ0v) is 37.8. The number of aryl methyl sites for hydroxylation is 6. The molecule has 46 heavy (non-hydrogen) atoms. The molecule has 0 aliphatic rings. The molecule has 6 N–H and O–H groups in total. The summed E-state index contributed by atoms with van der Waals surface area (Å²) in [7, 11) is 22.3. The number of hydrogen-bond acceptors (Lipinski definition) is 2. The molecule has 0 unspecified atom stereocenters.